The summed E-state index contributed by atoms with van der Waals surface area (Å²) in [5, 5.41) is 0. The van der Waals surface area contributed by atoms with Crippen LogP contribution < -0.4 is 0 Å². The summed E-state index contributed by atoms with van der Waals surface area (Å²) in [6, 6.07) is 0. The Morgan fingerprint density at radius 3 is 1.00 bits per heavy atom. The van der Waals surface area contributed by atoms with Crippen molar-refractivity contribution < 1.29 is 14.0 Å². The Labute approximate surface area is 36.5 Å². The molecule has 0 aliphatic carbocycles. The lowest BCUT2D eigenvalue weighted by atomic mass is 16.0. The van der Waals surface area contributed by atoms with E-state index in [-0.39, 0.29) is 21.8 Å². The Balaban J connectivity index is -0.00000000167. The van der Waals surface area contributed by atoms with Crippen molar-refractivity contribution in [2.24, 2.45) is 0 Å². The first-order valence-corrected chi connectivity index (χ1v) is 0.612. The van der Waals surface area contributed by atoms with E-state index in [1.54, 1.807) is 9.12 Å². The molecule has 0 amide bonds. The molecule has 0 aromatic rings. The molecule has 36 valence electrons. The molecule has 0 radical (unpaired) electrons. The van der Waals surface area contributed by atoms with Gasteiger partial charge in [-0.05, 0) is 0 Å². The van der Waals surface area contributed by atoms with Gasteiger partial charge in [-0.1, -0.05) is 0 Å². The summed E-state index contributed by atoms with van der Waals surface area (Å²) in [5.74, 6) is 0. The first kappa shape index (κ1) is 60.7. The minimum atomic E-state index is 0. The Bertz CT molecular complexity index is 9.61. The van der Waals surface area contributed by atoms with Gasteiger partial charge in [0, 0.05) is 0 Å². The zero-order valence-corrected chi connectivity index (χ0v) is 3.95. The molecular weight excluding hydrogens is 120 g/mol. The molecule has 0 saturated heterocycles. The molecule has 5 heavy (non-hydrogen) atoms. The molecule has 0 N–H and O–H groups in total. The van der Waals surface area contributed by atoms with E-state index in [0.29, 0.717) is 0 Å². The largest absolute Gasteiger partial charge is 0.279 e. The molecule has 0 heterocycles. The van der Waals surface area contributed by atoms with E-state index < -0.39 is 0 Å². The van der Waals surface area contributed by atoms with Crippen LogP contribution in [-0.2, 0) is 4.57 Å². The third kappa shape index (κ3) is 344. The van der Waals surface area contributed by atoms with Crippen molar-refractivity contribution in [1.29, 1.82) is 0 Å². The summed E-state index contributed by atoms with van der Waals surface area (Å²) in [6.45, 7) is 0. The predicted octanol–water partition coefficient (Wildman–Crippen LogP) is 1.20. The molecule has 0 unspecified atom stereocenters. The topological polar surface area (TPSA) is 17.1 Å². The summed E-state index contributed by atoms with van der Waals surface area (Å²) >= 11 is 0. The van der Waals surface area contributed by atoms with Crippen molar-refractivity contribution in [3.05, 3.63) is 0 Å². The lowest BCUT2D eigenvalue weighted by Gasteiger charge is -0.807. The summed E-state index contributed by atoms with van der Waals surface area (Å²) in [5.41, 5.74) is 0. The zero-order chi connectivity index (χ0) is 2.00. The molecule has 0 atom stereocenters. The fourth-order valence-corrected chi connectivity index (χ4v) is 0. The SMILES string of the molecule is Cl.F.F.O=P. The summed E-state index contributed by atoms with van der Waals surface area (Å²) < 4.78 is 8.06. The summed E-state index contributed by atoms with van der Waals surface area (Å²) in [7, 11) is 1.72. The van der Waals surface area contributed by atoms with Crippen molar-refractivity contribution in [1.82, 2.24) is 0 Å². The van der Waals surface area contributed by atoms with Gasteiger partial charge in [0.1, 0.15) is 9.12 Å². The Hall–Kier alpha value is 0.250. The normalized spacial score (nSPS) is 0.800. The zero-order valence-electron chi connectivity index (χ0n) is 2.13. The van der Waals surface area contributed by atoms with Gasteiger partial charge in [-0.15, -0.1) is 12.4 Å². The van der Waals surface area contributed by atoms with Gasteiger partial charge in [-0.2, -0.15) is 0 Å². The van der Waals surface area contributed by atoms with E-state index in [9.17, 15) is 0 Å². The van der Waals surface area contributed by atoms with Crippen LogP contribution in [0.5, 0.6) is 0 Å². The van der Waals surface area contributed by atoms with Crippen molar-refractivity contribution in [2.75, 3.05) is 0 Å². The van der Waals surface area contributed by atoms with Gasteiger partial charge in [0.15, 0.2) is 0 Å². The van der Waals surface area contributed by atoms with E-state index in [1.807, 2.05) is 0 Å². The van der Waals surface area contributed by atoms with Crippen LogP contribution in [0.1, 0.15) is 0 Å². The number of hydrogen-bond donors (Lipinski definition) is 0. The van der Waals surface area contributed by atoms with Crippen LogP contribution in [0.15, 0.2) is 0 Å². The van der Waals surface area contributed by atoms with Crippen LogP contribution in [0.3, 0.4) is 0 Å². The second-order valence-corrected chi connectivity index (χ2v) is 0. The smallest absolute Gasteiger partial charge is 0.138 e. The number of hydrogen-bond acceptors (Lipinski definition) is 1. The molecule has 0 aromatic carbocycles. The molecule has 0 rings (SSSR count). The van der Waals surface area contributed by atoms with Crippen LogP contribution >= 0.6 is 21.5 Å². The van der Waals surface area contributed by atoms with E-state index in [2.05, 4.69) is 0 Å². The van der Waals surface area contributed by atoms with Crippen molar-refractivity contribution in [3.8, 4) is 0 Å². The molecule has 0 aliphatic heterocycles. The maximum Gasteiger partial charge on any atom is 0.138 e. The van der Waals surface area contributed by atoms with Crippen LogP contribution in [0, 0.1) is 0 Å². The van der Waals surface area contributed by atoms with Crippen molar-refractivity contribution in [3.63, 3.8) is 0 Å². The summed E-state index contributed by atoms with van der Waals surface area (Å²) in [6.07, 6.45) is 0. The number of halogens is 3. The van der Waals surface area contributed by atoms with Crippen LogP contribution in [-0.4, -0.2) is 0 Å². The molecule has 5 heteroatoms. The van der Waals surface area contributed by atoms with Crippen LogP contribution in [0.4, 0.5) is 9.41 Å². The standard InChI is InChI=1S/ClH.2FH.HOP/c;;;1-2/h3*1H;2H. The molecule has 0 bridgehead atoms. The highest BCUT2D eigenvalue weighted by Crippen LogP contribution is 1.23. The minimum absolute atomic E-state index is 0. The highest BCUT2D eigenvalue weighted by molar-refractivity contribution is 7.00. The monoisotopic (exact) mass is 124 g/mol. The average molecular weight is 124 g/mol. The molecule has 0 saturated carbocycles. The van der Waals surface area contributed by atoms with Gasteiger partial charge in [0.05, 0.1) is 0 Å². The van der Waals surface area contributed by atoms with E-state index >= 15 is 0 Å². The highest BCUT2D eigenvalue weighted by atomic mass is 35.5. The molecule has 0 aliphatic rings. The fraction of sp³-hybridized carbons (Fsp3) is 0. The fourth-order valence-electron chi connectivity index (χ4n) is 0. The van der Waals surface area contributed by atoms with Crippen LogP contribution in [0.2, 0.25) is 0 Å². The Morgan fingerprint density at radius 1 is 1.00 bits per heavy atom. The quantitative estimate of drug-likeness (QED) is 0.444. The van der Waals surface area contributed by atoms with Gasteiger partial charge in [-0.3, -0.25) is 14.0 Å². The van der Waals surface area contributed by atoms with Gasteiger partial charge in [-0.25, -0.2) is 0 Å². The molecule has 0 spiro atoms. The maximum absolute atomic E-state index is 8.06. The number of rotatable bonds is 0. The first-order chi connectivity index (χ1) is 1.00. The predicted molar refractivity (Wildman–Crippen MR) is 21.3 cm³/mol. The molecule has 0 fully saturated rings. The van der Waals surface area contributed by atoms with Crippen molar-refractivity contribution >= 4 is 21.5 Å². The second kappa shape index (κ2) is 718. The molecule has 1 nitrogen and oxygen atoms in total. The maximum atomic E-state index is 8.06. The van der Waals surface area contributed by atoms with Gasteiger partial charge in [0.25, 0.3) is 0 Å². The lowest BCUT2D eigenvalue weighted by Crippen LogP contribution is -0.489. The van der Waals surface area contributed by atoms with E-state index in [4.69, 9.17) is 4.57 Å². The Morgan fingerprint density at radius 2 is 1.00 bits per heavy atom. The Kier molecular flexibility index (Phi) is 8720. The van der Waals surface area contributed by atoms with E-state index in [0.717, 1.165) is 0 Å². The average Bonchev–Trinajstić information content (AvgIpc) is 1.00. The van der Waals surface area contributed by atoms with Gasteiger partial charge < -0.3 is 0 Å². The van der Waals surface area contributed by atoms with Gasteiger partial charge in [0.2, 0.25) is 0 Å². The molecular formula is H4ClF2OP. The first-order valence-electron chi connectivity index (χ1n) is 0.204. The highest BCUT2D eigenvalue weighted by Gasteiger charge is 0.667. The summed E-state index contributed by atoms with van der Waals surface area (Å²) in [4.78, 5) is 0. The minimum Gasteiger partial charge on any atom is -0.279 e. The second-order valence-electron chi connectivity index (χ2n) is 0. The third-order valence-electron chi connectivity index (χ3n) is 0. The third-order valence-corrected chi connectivity index (χ3v) is 0. The van der Waals surface area contributed by atoms with Crippen LogP contribution in [0.25, 0.3) is 0 Å². The van der Waals surface area contributed by atoms with E-state index in [1.165, 1.54) is 0 Å². The lowest BCUT2D eigenvalue weighted by molar-refractivity contribution is 0.607. The van der Waals surface area contributed by atoms with Gasteiger partial charge >= 0.3 is 0 Å². The van der Waals surface area contributed by atoms with Crippen molar-refractivity contribution in [2.45, 2.75) is 0 Å². The molecule has 0 aromatic heterocycles.